The van der Waals surface area contributed by atoms with Gasteiger partial charge in [0.05, 0.1) is 24.0 Å². The number of nitrogens with zero attached hydrogens (tertiary/aromatic N) is 4. The van der Waals surface area contributed by atoms with Crippen LogP contribution < -0.4 is 0 Å². The van der Waals surface area contributed by atoms with Gasteiger partial charge in [0.2, 0.25) is 0 Å². The summed E-state index contributed by atoms with van der Waals surface area (Å²) in [6.45, 7) is 9.85. The van der Waals surface area contributed by atoms with Crippen molar-refractivity contribution in [2.75, 3.05) is 13.1 Å². The quantitative estimate of drug-likeness (QED) is 0.917. The predicted octanol–water partition coefficient (Wildman–Crippen LogP) is 2.86. The third kappa shape index (κ3) is 3.68. The summed E-state index contributed by atoms with van der Waals surface area (Å²) in [6, 6.07) is 8.17. The van der Waals surface area contributed by atoms with Crippen molar-refractivity contribution in [3.63, 3.8) is 0 Å². The number of aromatic nitrogens is 3. The molecule has 1 N–H and O–H groups in total. The maximum absolute atomic E-state index is 10.7. The van der Waals surface area contributed by atoms with E-state index in [0.29, 0.717) is 5.92 Å². The van der Waals surface area contributed by atoms with Crippen molar-refractivity contribution in [3.05, 3.63) is 46.8 Å². The molecule has 2 aromatic rings. The Morgan fingerprint density at radius 2 is 1.88 bits per heavy atom. The van der Waals surface area contributed by atoms with Gasteiger partial charge in [0.25, 0.3) is 0 Å². The first-order valence-electron chi connectivity index (χ1n) is 8.95. The molecule has 2 heterocycles. The molecule has 1 saturated heterocycles. The molecular formula is C19H28N4O. The van der Waals surface area contributed by atoms with Gasteiger partial charge in [-0.25, -0.2) is 0 Å². The lowest BCUT2D eigenvalue weighted by Crippen LogP contribution is -2.35. The van der Waals surface area contributed by atoms with Crippen molar-refractivity contribution >= 4 is 0 Å². The Morgan fingerprint density at radius 1 is 1.17 bits per heavy atom. The van der Waals surface area contributed by atoms with Crippen LogP contribution in [0.3, 0.4) is 0 Å². The minimum atomic E-state index is -0.351. The molecule has 1 aromatic carbocycles. The molecule has 0 amide bonds. The molecule has 1 atom stereocenters. The summed E-state index contributed by atoms with van der Waals surface area (Å²) < 4.78 is 0. The van der Waals surface area contributed by atoms with Crippen molar-refractivity contribution in [1.82, 2.24) is 19.9 Å². The number of rotatable bonds is 5. The van der Waals surface area contributed by atoms with Gasteiger partial charge in [0.1, 0.15) is 0 Å². The van der Waals surface area contributed by atoms with Crippen LogP contribution >= 0.6 is 0 Å². The van der Waals surface area contributed by atoms with E-state index >= 15 is 0 Å². The molecule has 0 bridgehead atoms. The average Bonchev–Trinajstić information content (AvgIpc) is 2.95. The van der Waals surface area contributed by atoms with Crippen molar-refractivity contribution in [1.29, 1.82) is 0 Å². The van der Waals surface area contributed by atoms with Crippen LogP contribution in [0.15, 0.2) is 24.3 Å². The molecule has 5 heteroatoms. The van der Waals surface area contributed by atoms with Gasteiger partial charge in [-0.15, -0.1) is 0 Å². The molecule has 0 spiro atoms. The second-order valence-electron chi connectivity index (χ2n) is 6.84. The van der Waals surface area contributed by atoms with Crippen LogP contribution in [0.4, 0.5) is 0 Å². The third-order valence-corrected chi connectivity index (χ3v) is 5.16. The Kier molecular flexibility index (Phi) is 5.31. The summed E-state index contributed by atoms with van der Waals surface area (Å²) >= 11 is 0. The predicted molar refractivity (Wildman–Crippen MR) is 94.6 cm³/mol. The molecule has 1 aromatic heterocycles. The van der Waals surface area contributed by atoms with E-state index in [1.165, 1.54) is 5.56 Å². The highest BCUT2D eigenvalue weighted by Crippen LogP contribution is 2.32. The van der Waals surface area contributed by atoms with E-state index in [2.05, 4.69) is 41.1 Å². The van der Waals surface area contributed by atoms with Crippen LogP contribution in [-0.4, -0.2) is 38.1 Å². The van der Waals surface area contributed by atoms with Gasteiger partial charge in [-0.2, -0.15) is 15.0 Å². The number of aliphatic hydroxyl groups excluding tert-OH is 1. The molecule has 24 heavy (non-hydrogen) atoms. The van der Waals surface area contributed by atoms with Crippen molar-refractivity contribution in [2.24, 2.45) is 5.92 Å². The molecule has 1 unspecified atom stereocenters. The highest BCUT2D eigenvalue weighted by Gasteiger charge is 2.27. The summed E-state index contributed by atoms with van der Waals surface area (Å²) in [5.41, 5.74) is 4.37. The standard InChI is InChI=1S/C19H28N4O/c1-4-23-20-15(3)18(21-23)13-22-11-9-16(10-12-22)19(24)17-8-6-5-7-14(17)2/h5-8,16,19,24H,4,9-13H2,1-3H3. The number of likely N-dealkylation sites (tertiary alicyclic amines) is 1. The maximum Gasteiger partial charge on any atom is 0.0996 e. The van der Waals surface area contributed by atoms with Crippen LogP contribution in [0.5, 0.6) is 0 Å². The smallest absolute Gasteiger partial charge is 0.0996 e. The molecule has 0 radical (unpaired) electrons. The average molecular weight is 328 g/mol. The Hall–Kier alpha value is -1.72. The Bertz CT molecular complexity index is 674. The molecule has 5 nitrogen and oxygen atoms in total. The van der Waals surface area contributed by atoms with E-state index < -0.39 is 0 Å². The van der Waals surface area contributed by atoms with E-state index in [9.17, 15) is 5.11 Å². The Labute approximate surface area is 144 Å². The van der Waals surface area contributed by atoms with E-state index in [4.69, 9.17) is 0 Å². The Morgan fingerprint density at radius 3 is 2.50 bits per heavy atom. The monoisotopic (exact) mass is 328 g/mol. The van der Waals surface area contributed by atoms with Gasteiger partial charge < -0.3 is 5.11 Å². The molecule has 130 valence electrons. The molecule has 1 fully saturated rings. The minimum Gasteiger partial charge on any atom is -0.388 e. The maximum atomic E-state index is 10.7. The Balaban J connectivity index is 1.57. The lowest BCUT2D eigenvalue weighted by Gasteiger charge is -2.34. The number of hydrogen-bond acceptors (Lipinski definition) is 4. The van der Waals surface area contributed by atoms with Crippen LogP contribution in [-0.2, 0) is 13.1 Å². The lowest BCUT2D eigenvalue weighted by molar-refractivity contribution is 0.0559. The highest BCUT2D eigenvalue weighted by atomic mass is 16.3. The van der Waals surface area contributed by atoms with Crippen molar-refractivity contribution < 1.29 is 5.11 Å². The summed E-state index contributed by atoms with van der Waals surface area (Å²) in [5.74, 6) is 0.342. The van der Waals surface area contributed by atoms with E-state index in [1.54, 1.807) is 4.80 Å². The number of hydrogen-bond donors (Lipinski definition) is 1. The molecule has 0 aliphatic carbocycles. The molecule has 1 aliphatic heterocycles. The highest BCUT2D eigenvalue weighted by molar-refractivity contribution is 5.28. The van der Waals surface area contributed by atoms with Crippen LogP contribution in [0, 0.1) is 19.8 Å². The lowest BCUT2D eigenvalue weighted by atomic mass is 9.86. The first-order chi connectivity index (χ1) is 11.6. The number of aliphatic hydroxyl groups is 1. The van der Waals surface area contributed by atoms with Gasteiger partial charge in [-0.1, -0.05) is 24.3 Å². The summed E-state index contributed by atoms with van der Waals surface area (Å²) in [6.07, 6.45) is 1.70. The largest absolute Gasteiger partial charge is 0.388 e. The fraction of sp³-hybridized carbons (Fsp3) is 0.579. The number of aryl methyl sites for hydroxylation is 3. The fourth-order valence-electron chi connectivity index (χ4n) is 3.56. The van der Waals surface area contributed by atoms with Crippen molar-refractivity contribution in [2.45, 2.75) is 52.8 Å². The first-order valence-corrected chi connectivity index (χ1v) is 8.95. The van der Waals surface area contributed by atoms with Gasteiger partial charge in [0.15, 0.2) is 0 Å². The zero-order valence-corrected chi connectivity index (χ0v) is 14.9. The zero-order chi connectivity index (χ0) is 17.1. The molecule has 0 saturated carbocycles. The van der Waals surface area contributed by atoms with Gasteiger partial charge >= 0.3 is 0 Å². The SMILES string of the molecule is CCn1nc(C)c(CN2CCC(C(O)c3ccccc3C)CC2)n1. The van der Waals surface area contributed by atoms with Crippen LogP contribution in [0.1, 0.15) is 48.4 Å². The van der Waals surface area contributed by atoms with E-state index in [-0.39, 0.29) is 6.10 Å². The van der Waals surface area contributed by atoms with Crippen LogP contribution in [0.25, 0.3) is 0 Å². The fourth-order valence-corrected chi connectivity index (χ4v) is 3.56. The molecule has 1 aliphatic rings. The zero-order valence-electron chi connectivity index (χ0n) is 14.9. The van der Waals surface area contributed by atoms with Gasteiger partial charge in [-0.05, 0) is 63.7 Å². The third-order valence-electron chi connectivity index (χ3n) is 5.16. The molecular weight excluding hydrogens is 300 g/mol. The second kappa shape index (κ2) is 7.45. The summed E-state index contributed by atoms with van der Waals surface area (Å²) in [5, 5.41) is 19.7. The number of piperidine rings is 1. The summed E-state index contributed by atoms with van der Waals surface area (Å²) in [7, 11) is 0. The minimum absolute atomic E-state index is 0.342. The topological polar surface area (TPSA) is 54.2 Å². The molecule has 3 rings (SSSR count). The van der Waals surface area contributed by atoms with Gasteiger partial charge in [0, 0.05) is 6.54 Å². The number of benzene rings is 1. The normalized spacial score (nSPS) is 18.0. The second-order valence-corrected chi connectivity index (χ2v) is 6.84. The van der Waals surface area contributed by atoms with Crippen molar-refractivity contribution in [3.8, 4) is 0 Å². The van der Waals surface area contributed by atoms with E-state index in [1.807, 2.05) is 19.1 Å². The van der Waals surface area contributed by atoms with Gasteiger partial charge in [-0.3, -0.25) is 4.90 Å². The van der Waals surface area contributed by atoms with Crippen LogP contribution in [0.2, 0.25) is 0 Å². The first kappa shape index (κ1) is 17.1. The van der Waals surface area contributed by atoms with E-state index in [0.717, 1.165) is 56.0 Å². The summed E-state index contributed by atoms with van der Waals surface area (Å²) in [4.78, 5) is 4.19.